The van der Waals surface area contributed by atoms with Crippen LogP contribution in [0.5, 0.6) is 17.2 Å². The molecule has 13 heteroatoms. The summed E-state index contributed by atoms with van der Waals surface area (Å²) in [5, 5.41) is 3.58. The van der Waals surface area contributed by atoms with Crippen LogP contribution in [-0.4, -0.2) is 65.6 Å². The van der Waals surface area contributed by atoms with Gasteiger partial charge in [-0.15, -0.1) is 0 Å². The van der Waals surface area contributed by atoms with Crippen molar-refractivity contribution in [1.29, 1.82) is 0 Å². The lowest BCUT2D eigenvalue weighted by Crippen LogP contribution is -2.51. The van der Waals surface area contributed by atoms with Crippen molar-refractivity contribution in [3.63, 3.8) is 0 Å². The summed E-state index contributed by atoms with van der Waals surface area (Å²) < 4.78 is 45.5. The molecule has 0 saturated carbocycles. The summed E-state index contributed by atoms with van der Waals surface area (Å²) in [5.41, 5.74) is 0.729. The van der Waals surface area contributed by atoms with E-state index in [1.165, 1.54) is 56.6 Å². The molecule has 0 aliphatic heterocycles. The molecule has 0 bridgehead atoms. The molecule has 0 unspecified atom stereocenters. The molecule has 0 aromatic heterocycles. The number of carbonyl (C=O) groups is 2. The monoisotopic (exact) mass is 665 g/mol. The van der Waals surface area contributed by atoms with Gasteiger partial charge in [-0.2, -0.15) is 0 Å². The fourth-order valence-electron chi connectivity index (χ4n) is 4.30. The zero-order valence-electron chi connectivity index (χ0n) is 25.5. The number of benzene rings is 3. The molecule has 1 atom stereocenters. The predicted molar refractivity (Wildman–Crippen MR) is 171 cm³/mol. The smallest absolute Gasteiger partial charge is 0.265 e. The number of hydrogen-bond donors (Lipinski definition) is 1. The fraction of sp³-hybridized carbons (Fsp3) is 0.355. The Morgan fingerprint density at radius 1 is 0.818 bits per heavy atom. The van der Waals surface area contributed by atoms with Crippen molar-refractivity contribution in [2.24, 2.45) is 5.92 Å². The maximum absolute atomic E-state index is 14.3. The SMILES string of the molecule is COc1ccc(S(=O)(=O)N(CC(=O)N(Cc2ccc(Cl)cc2)[C@@H](C)C(=O)NCC(C)C)c2cc(Cl)ccc2OC)cc1OC. The van der Waals surface area contributed by atoms with Gasteiger partial charge in [0, 0.05) is 29.2 Å². The summed E-state index contributed by atoms with van der Waals surface area (Å²) in [6, 6.07) is 14.4. The minimum Gasteiger partial charge on any atom is -0.495 e. The Hall–Kier alpha value is -3.67. The number of halogens is 2. The third-order valence-corrected chi connectivity index (χ3v) is 8.99. The van der Waals surface area contributed by atoms with Crippen LogP contribution in [0, 0.1) is 5.92 Å². The van der Waals surface area contributed by atoms with Crippen molar-refractivity contribution in [2.45, 2.75) is 38.3 Å². The van der Waals surface area contributed by atoms with Gasteiger partial charge in [0.25, 0.3) is 10.0 Å². The quantitative estimate of drug-likeness (QED) is 0.245. The number of amides is 2. The molecule has 3 rings (SSSR count). The summed E-state index contributed by atoms with van der Waals surface area (Å²) in [6.45, 7) is 5.25. The highest BCUT2D eigenvalue weighted by Crippen LogP contribution is 2.37. The molecule has 3 aromatic carbocycles. The van der Waals surface area contributed by atoms with Gasteiger partial charge in [-0.1, -0.05) is 49.2 Å². The second-order valence-electron chi connectivity index (χ2n) is 10.3. The van der Waals surface area contributed by atoms with Gasteiger partial charge in [-0.05, 0) is 60.9 Å². The van der Waals surface area contributed by atoms with Gasteiger partial charge in [0.05, 0.1) is 31.9 Å². The zero-order chi connectivity index (χ0) is 32.6. The van der Waals surface area contributed by atoms with Crippen molar-refractivity contribution in [2.75, 3.05) is 38.7 Å². The molecule has 10 nitrogen and oxygen atoms in total. The first-order chi connectivity index (χ1) is 20.8. The fourth-order valence-corrected chi connectivity index (χ4v) is 6.02. The standard InChI is InChI=1S/C31H37Cl2N3O7S/c1-20(2)17-34-31(38)21(3)35(18-22-7-9-23(32)10-8-22)30(37)19-36(26-15-24(33)11-13-27(26)41-4)44(39,40)25-12-14-28(42-5)29(16-25)43-6/h7-16,20-21H,17-19H2,1-6H3,(H,34,38)/t21-/m0/s1. The first-order valence-corrected chi connectivity index (χ1v) is 15.9. The Balaban J connectivity index is 2.13. The van der Waals surface area contributed by atoms with E-state index in [4.69, 9.17) is 37.4 Å². The number of rotatable bonds is 14. The van der Waals surface area contributed by atoms with Crippen LogP contribution in [0.25, 0.3) is 0 Å². The predicted octanol–water partition coefficient (Wildman–Crippen LogP) is 5.40. The van der Waals surface area contributed by atoms with Crippen molar-refractivity contribution < 1.29 is 32.2 Å². The second-order valence-corrected chi connectivity index (χ2v) is 13.0. The molecule has 1 N–H and O–H groups in total. The highest BCUT2D eigenvalue weighted by molar-refractivity contribution is 7.92. The zero-order valence-corrected chi connectivity index (χ0v) is 27.8. The molecule has 0 aliphatic carbocycles. The van der Waals surface area contributed by atoms with Crippen LogP contribution in [0.3, 0.4) is 0 Å². The summed E-state index contributed by atoms with van der Waals surface area (Å²) >= 11 is 12.4. The van der Waals surface area contributed by atoms with E-state index in [1.807, 2.05) is 13.8 Å². The van der Waals surface area contributed by atoms with E-state index in [-0.39, 0.29) is 45.5 Å². The largest absolute Gasteiger partial charge is 0.495 e. The van der Waals surface area contributed by atoms with Crippen LogP contribution in [-0.2, 0) is 26.2 Å². The van der Waals surface area contributed by atoms with Crippen molar-refractivity contribution in [3.8, 4) is 17.2 Å². The first-order valence-electron chi connectivity index (χ1n) is 13.7. The summed E-state index contributed by atoms with van der Waals surface area (Å²) in [5.74, 6) is -0.168. The average Bonchev–Trinajstić information content (AvgIpc) is 3.01. The van der Waals surface area contributed by atoms with Gasteiger partial charge in [-0.25, -0.2) is 8.42 Å². The molecule has 0 aliphatic rings. The summed E-state index contributed by atoms with van der Waals surface area (Å²) in [6.07, 6.45) is 0. The third-order valence-electron chi connectivity index (χ3n) is 6.75. The maximum atomic E-state index is 14.3. The van der Waals surface area contributed by atoms with Crippen LogP contribution >= 0.6 is 23.2 Å². The molecular weight excluding hydrogens is 629 g/mol. The van der Waals surface area contributed by atoms with Crippen LogP contribution in [0.15, 0.2) is 65.6 Å². The van der Waals surface area contributed by atoms with Crippen LogP contribution in [0.4, 0.5) is 5.69 Å². The van der Waals surface area contributed by atoms with E-state index in [0.717, 1.165) is 4.31 Å². The summed E-state index contributed by atoms with van der Waals surface area (Å²) in [4.78, 5) is 28.5. The Kier molecular flexibility index (Phi) is 12.2. The third kappa shape index (κ3) is 8.49. The Morgan fingerprint density at radius 2 is 1.41 bits per heavy atom. The van der Waals surface area contributed by atoms with Crippen molar-refractivity contribution in [3.05, 3.63) is 76.3 Å². The molecule has 0 heterocycles. The van der Waals surface area contributed by atoms with Crippen molar-refractivity contribution >= 4 is 50.7 Å². The molecular formula is C31H37Cl2N3O7S. The molecule has 0 radical (unpaired) electrons. The Labute approximate surface area is 268 Å². The molecule has 0 saturated heterocycles. The van der Waals surface area contributed by atoms with E-state index < -0.39 is 28.5 Å². The average molecular weight is 667 g/mol. The van der Waals surface area contributed by atoms with Gasteiger partial charge in [0.2, 0.25) is 11.8 Å². The molecule has 2 amide bonds. The molecule has 44 heavy (non-hydrogen) atoms. The number of anilines is 1. The molecule has 0 spiro atoms. The highest BCUT2D eigenvalue weighted by atomic mass is 35.5. The number of methoxy groups -OCH3 is 3. The summed E-state index contributed by atoms with van der Waals surface area (Å²) in [7, 11) is -0.246. The number of hydrogen-bond acceptors (Lipinski definition) is 7. The number of nitrogens with one attached hydrogen (secondary N) is 1. The minimum atomic E-state index is -4.44. The Morgan fingerprint density at radius 3 is 2.00 bits per heavy atom. The van der Waals surface area contributed by atoms with E-state index in [1.54, 1.807) is 37.3 Å². The van der Waals surface area contributed by atoms with Gasteiger partial charge >= 0.3 is 0 Å². The second kappa shape index (κ2) is 15.4. The maximum Gasteiger partial charge on any atom is 0.265 e. The van der Waals surface area contributed by atoms with Gasteiger partial charge in [0.15, 0.2) is 11.5 Å². The van der Waals surface area contributed by atoms with Gasteiger partial charge in [0.1, 0.15) is 18.3 Å². The molecule has 3 aromatic rings. The lowest BCUT2D eigenvalue weighted by Gasteiger charge is -2.32. The van der Waals surface area contributed by atoms with E-state index in [9.17, 15) is 18.0 Å². The first kappa shape index (κ1) is 34.8. The van der Waals surface area contributed by atoms with Gasteiger partial charge < -0.3 is 24.4 Å². The number of sulfonamides is 1. The van der Waals surface area contributed by atoms with Crippen LogP contribution in [0.1, 0.15) is 26.3 Å². The lowest BCUT2D eigenvalue weighted by atomic mass is 10.1. The Bertz CT molecular complexity index is 1570. The molecule has 0 fully saturated rings. The van der Waals surface area contributed by atoms with Gasteiger partial charge in [-0.3, -0.25) is 13.9 Å². The lowest BCUT2D eigenvalue weighted by molar-refractivity contribution is -0.139. The van der Waals surface area contributed by atoms with Crippen LogP contribution in [0.2, 0.25) is 10.0 Å². The number of ether oxygens (including phenoxy) is 3. The minimum absolute atomic E-state index is 0.0171. The van der Waals surface area contributed by atoms with Crippen molar-refractivity contribution in [1.82, 2.24) is 10.2 Å². The highest BCUT2D eigenvalue weighted by Gasteiger charge is 2.34. The van der Waals surface area contributed by atoms with E-state index in [0.29, 0.717) is 22.9 Å². The normalized spacial score (nSPS) is 11.9. The molecule has 238 valence electrons. The van der Waals surface area contributed by atoms with Crippen LogP contribution < -0.4 is 23.8 Å². The van der Waals surface area contributed by atoms with E-state index >= 15 is 0 Å². The topological polar surface area (TPSA) is 114 Å². The van der Waals surface area contributed by atoms with E-state index in [2.05, 4.69) is 5.32 Å². The number of nitrogens with zero attached hydrogens (tertiary/aromatic N) is 2. The number of carbonyl (C=O) groups excluding carboxylic acids is 2.